The van der Waals surface area contributed by atoms with Gasteiger partial charge in [0.25, 0.3) is 0 Å². The van der Waals surface area contributed by atoms with Crippen LogP contribution >= 0.6 is 12.4 Å². The number of rotatable bonds is 0. The van der Waals surface area contributed by atoms with Crippen LogP contribution in [0.25, 0.3) is 0 Å². The summed E-state index contributed by atoms with van der Waals surface area (Å²) >= 11 is 0. The molecule has 0 saturated carbocycles. The quantitative estimate of drug-likeness (QED) is 0.603. The first-order valence-corrected chi connectivity index (χ1v) is 3.38. The van der Waals surface area contributed by atoms with Crippen LogP contribution in [0.15, 0.2) is 18.2 Å². The number of hydrogen-bond acceptors (Lipinski definition) is 2. The van der Waals surface area contributed by atoms with E-state index in [4.69, 9.17) is 10.5 Å². The van der Waals surface area contributed by atoms with Crippen molar-refractivity contribution in [2.45, 2.75) is 6.42 Å². The lowest BCUT2D eigenvalue weighted by Crippen LogP contribution is -1.89. The third-order valence-electron chi connectivity index (χ3n) is 1.78. The van der Waals surface area contributed by atoms with Gasteiger partial charge in [-0.15, -0.1) is 12.4 Å². The standard InChI is InChI=1S/C8H9NO.ClH/c9-7-2-1-3-8-6(7)4-5-10-8;/h1-3H,4-5,9H2;1H. The Kier molecular flexibility index (Phi) is 2.25. The molecule has 2 nitrogen and oxygen atoms in total. The number of fused-ring (bicyclic) bond motifs is 1. The van der Waals surface area contributed by atoms with Crippen LogP contribution in [-0.4, -0.2) is 6.61 Å². The summed E-state index contributed by atoms with van der Waals surface area (Å²) < 4.78 is 5.30. The van der Waals surface area contributed by atoms with Crippen LogP contribution in [-0.2, 0) is 6.42 Å². The van der Waals surface area contributed by atoms with E-state index in [2.05, 4.69) is 0 Å². The highest BCUT2D eigenvalue weighted by Gasteiger charge is 2.12. The molecule has 1 aromatic carbocycles. The molecule has 60 valence electrons. The highest BCUT2D eigenvalue weighted by Crippen LogP contribution is 2.29. The molecule has 0 radical (unpaired) electrons. The molecule has 2 rings (SSSR count). The van der Waals surface area contributed by atoms with Crippen LogP contribution in [0.2, 0.25) is 0 Å². The molecule has 0 amide bonds. The van der Waals surface area contributed by atoms with Crippen molar-refractivity contribution in [1.82, 2.24) is 0 Å². The molecule has 0 saturated heterocycles. The topological polar surface area (TPSA) is 35.2 Å². The number of hydrogen-bond donors (Lipinski definition) is 1. The van der Waals surface area contributed by atoms with Gasteiger partial charge in [0.15, 0.2) is 0 Å². The van der Waals surface area contributed by atoms with E-state index in [1.54, 1.807) is 0 Å². The fraction of sp³-hybridized carbons (Fsp3) is 0.250. The molecule has 1 aliphatic heterocycles. The van der Waals surface area contributed by atoms with Crippen LogP contribution < -0.4 is 10.5 Å². The Balaban J connectivity index is 0.000000605. The number of benzene rings is 1. The molecule has 0 bridgehead atoms. The highest BCUT2D eigenvalue weighted by molar-refractivity contribution is 5.85. The van der Waals surface area contributed by atoms with Crippen LogP contribution in [0.5, 0.6) is 5.75 Å². The minimum atomic E-state index is 0. The van der Waals surface area contributed by atoms with Crippen molar-refractivity contribution >= 4 is 18.1 Å². The maximum atomic E-state index is 5.69. The maximum absolute atomic E-state index is 5.69. The molecule has 1 aromatic rings. The van der Waals surface area contributed by atoms with Gasteiger partial charge in [-0.3, -0.25) is 0 Å². The van der Waals surface area contributed by atoms with E-state index in [-0.39, 0.29) is 12.4 Å². The predicted octanol–water partition coefficient (Wildman–Crippen LogP) is 1.63. The summed E-state index contributed by atoms with van der Waals surface area (Å²) in [6.07, 6.45) is 0.960. The minimum Gasteiger partial charge on any atom is -0.493 e. The van der Waals surface area contributed by atoms with E-state index in [9.17, 15) is 0 Å². The van der Waals surface area contributed by atoms with Crippen molar-refractivity contribution in [2.24, 2.45) is 0 Å². The second-order valence-electron chi connectivity index (χ2n) is 2.42. The zero-order valence-electron chi connectivity index (χ0n) is 6.04. The lowest BCUT2D eigenvalue weighted by molar-refractivity contribution is 0.357. The monoisotopic (exact) mass is 171 g/mol. The smallest absolute Gasteiger partial charge is 0.124 e. The van der Waals surface area contributed by atoms with Gasteiger partial charge in [-0.05, 0) is 12.1 Å². The summed E-state index contributed by atoms with van der Waals surface area (Å²) in [5.74, 6) is 0.958. The first-order chi connectivity index (χ1) is 4.88. The van der Waals surface area contributed by atoms with Gasteiger partial charge in [-0.25, -0.2) is 0 Å². The first-order valence-electron chi connectivity index (χ1n) is 3.38. The molecule has 3 heteroatoms. The number of nitrogens with two attached hydrogens (primary N) is 1. The summed E-state index contributed by atoms with van der Waals surface area (Å²) in [4.78, 5) is 0. The number of ether oxygens (including phenoxy) is 1. The number of halogens is 1. The van der Waals surface area contributed by atoms with E-state index in [1.165, 1.54) is 5.56 Å². The largest absolute Gasteiger partial charge is 0.493 e. The molecule has 0 aromatic heterocycles. The summed E-state index contributed by atoms with van der Waals surface area (Å²) in [6, 6.07) is 5.78. The minimum absolute atomic E-state index is 0. The van der Waals surface area contributed by atoms with E-state index >= 15 is 0 Å². The van der Waals surface area contributed by atoms with Crippen molar-refractivity contribution in [1.29, 1.82) is 0 Å². The second kappa shape index (κ2) is 3.01. The molecular weight excluding hydrogens is 162 g/mol. The van der Waals surface area contributed by atoms with Crippen LogP contribution in [0.1, 0.15) is 5.56 Å². The van der Waals surface area contributed by atoms with Crippen molar-refractivity contribution in [2.75, 3.05) is 12.3 Å². The van der Waals surface area contributed by atoms with Crippen LogP contribution in [0, 0.1) is 0 Å². The zero-order chi connectivity index (χ0) is 6.97. The fourth-order valence-corrected chi connectivity index (χ4v) is 1.25. The molecular formula is C8H10ClNO. The Morgan fingerprint density at radius 1 is 1.36 bits per heavy atom. The fourth-order valence-electron chi connectivity index (χ4n) is 1.25. The Hall–Kier alpha value is -0.890. The van der Waals surface area contributed by atoms with Crippen molar-refractivity contribution in [3.63, 3.8) is 0 Å². The average Bonchev–Trinajstić information content (AvgIpc) is 2.36. The Bertz CT molecular complexity index is 262. The summed E-state index contributed by atoms with van der Waals surface area (Å²) in [5, 5.41) is 0. The van der Waals surface area contributed by atoms with Crippen molar-refractivity contribution in [3.8, 4) is 5.75 Å². The van der Waals surface area contributed by atoms with E-state index in [0.29, 0.717) is 0 Å². The molecule has 0 aliphatic carbocycles. The zero-order valence-corrected chi connectivity index (χ0v) is 6.86. The third kappa shape index (κ3) is 1.26. The molecule has 2 N–H and O–H groups in total. The average molecular weight is 172 g/mol. The van der Waals surface area contributed by atoms with E-state index in [0.717, 1.165) is 24.5 Å². The van der Waals surface area contributed by atoms with Gasteiger partial charge in [0, 0.05) is 17.7 Å². The van der Waals surface area contributed by atoms with Gasteiger partial charge < -0.3 is 10.5 Å². The van der Waals surface area contributed by atoms with E-state index < -0.39 is 0 Å². The van der Waals surface area contributed by atoms with Gasteiger partial charge in [-0.2, -0.15) is 0 Å². The maximum Gasteiger partial charge on any atom is 0.124 e. The normalized spacial score (nSPS) is 13.1. The Labute approximate surface area is 71.8 Å². The molecule has 0 atom stereocenters. The molecule has 1 heterocycles. The van der Waals surface area contributed by atoms with Crippen LogP contribution in [0.3, 0.4) is 0 Å². The third-order valence-corrected chi connectivity index (χ3v) is 1.78. The molecule has 11 heavy (non-hydrogen) atoms. The lowest BCUT2D eigenvalue weighted by atomic mass is 10.1. The van der Waals surface area contributed by atoms with Crippen LogP contribution in [0.4, 0.5) is 5.69 Å². The van der Waals surface area contributed by atoms with Gasteiger partial charge >= 0.3 is 0 Å². The molecule has 1 aliphatic rings. The molecule has 0 spiro atoms. The summed E-state index contributed by atoms with van der Waals surface area (Å²) in [7, 11) is 0. The summed E-state index contributed by atoms with van der Waals surface area (Å²) in [5.41, 5.74) is 7.72. The first kappa shape index (κ1) is 8.21. The predicted molar refractivity (Wildman–Crippen MR) is 47.3 cm³/mol. The van der Waals surface area contributed by atoms with Gasteiger partial charge in [-0.1, -0.05) is 6.07 Å². The molecule has 0 fully saturated rings. The number of nitrogen functional groups attached to an aromatic ring is 1. The van der Waals surface area contributed by atoms with Gasteiger partial charge in [0.1, 0.15) is 5.75 Å². The second-order valence-corrected chi connectivity index (χ2v) is 2.42. The molecule has 0 unspecified atom stereocenters. The highest BCUT2D eigenvalue weighted by atomic mass is 35.5. The van der Waals surface area contributed by atoms with E-state index in [1.807, 2.05) is 18.2 Å². The Morgan fingerprint density at radius 3 is 2.91 bits per heavy atom. The van der Waals surface area contributed by atoms with Gasteiger partial charge in [0.2, 0.25) is 0 Å². The van der Waals surface area contributed by atoms with Crippen molar-refractivity contribution in [3.05, 3.63) is 23.8 Å². The summed E-state index contributed by atoms with van der Waals surface area (Å²) in [6.45, 7) is 0.781. The Morgan fingerprint density at radius 2 is 2.18 bits per heavy atom. The van der Waals surface area contributed by atoms with Gasteiger partial charge in [0.05, 0.1) is 6.61 Å². The number of anilines is 1. The van der Waals surface area contributed by atoms with Crippen molar-refractivity contribution < 1.29 is 4.74 Å². The lowest BCUT2D eigenvalue weighted by Gasteiger charge is -1.99. The SMILES string of the molecule is Cl.Nc1cccc2c1CCO2.